The van der Waals surface area contributed by atoms with E-state index in [1.54, 1.807) is 44.2 Å². The van der Waals surface area contributed by atoms with E-state index in [-0.39, 0.29) is 5.97 Å². The number of ether oxygens (including phenoxy) is 1. The second-order valence-corrected chi connectivity index (χ2v) is 4.21. The van der Waals surface area contributed by atoms with Crippen molar-refractivity contribution in [1.82, 2.24) is 0 Å². The Kier molecular flexibility index (Phi) is 6.68. The first-order valence-corrected chi connectivity index (χ1v) is 6.57. The minimum Gasteiger partial charge on any atom is -0.478 e. The van der Waals surface area contributed by atoms with Gasteiger partial charge in [-0.3, -0.25) is 0 Å². The van der Waals surface area contributed by atoms with E-state index in [2.05, 4.69) is 0 Å². The van der Waals surface area contributed by atoms with Gasteiger partial charge in [0.25, 0.3) is 0 Å². The molecular formula is C17H18O4. The molecule has 0 atom stereocenters. The zero-order valence-electron chi connectivity index (χ0n) is 12.1. The number of carbonyl (C=O) groups excluding carboxylic acids is 1. The Balaban J connectivity index is 0.000000211. The lowest BCUT2D eigenvalue weighted by Crippen LogP contribution is -2.03. The van der Waals surface area contributed by atoms with E-state index in [1.807, 2.05) is 24.3 Å². The summed E-state index contributed by atoms with van der Waals surface area (Å²) in [6.45, 7) is 4.00. The molecule has 4 nitrogen and oxygen atoms in total. The van der Waals surface area contributed by atoms with Gasteiger partial charge < -0.3 is 9.84 Å². The minimum absolute atomic E-state index is 0.256. The van der Waals surface area contributed by atoms with Crippen molar-refractivity contribution in [1.29, 1.82) is 0 Å². The summed E-state index contributed by atoms with van der Waals surface area (Å²) in [6, 6.07) is 15.9. The number of hydrogen-bond acceptors (Lipinski definition) is 3. The van der Waals surface area contributed by atoms with Crippen molar-refractivity contribution in [2.45, 2.75) is 13.8 Å². The molecule has 2 aromatic rings. The van der Waals surface area contributed by atoms with Gasteiger partial charge in [-0.05, 0) is 37.6 Å². The highest BCUT2D eigenvalue weighted by Crippen LogP contribution is 2.05. The normalized spacial score (nSPS) is 9.24. The van der Waals surface area contributed by atoms with Gasteiger partial charge in [0.05, 0.1) is 17.7 Å². The number of aryl methyl sites for hydroxylation is 1. The van der Waals surface area contributed by atoms with Gasteiger partial charge in [0.15, 0.2) is 0 Å². The monoisotopic (exact) mass is 286 g/mol. The SMILES string of the molecule is CCOC(=O)c1ccccc1.Cc1ccccc1C(=O)O. The van der Waals surface area contributed by atoms with Crippen LogP contribution < -0.4 is 0 Å². The Morgan fingerprint density at radius 3 is 2.05 bits per heavy atom. The van der Waals surface area contributed by atoms with Crippen LogP contribution in [0, 0.1) is 6.92 Å². The van der Waals surface area contributed by atoms with E-state index in [0.29, 0.717) is 17.7 Å². The van der Waals surface area contributed by atoms with Crippen molar-refractivity contribution in [2.24, 2.45) is 0 Å². The molecule has 0 fully saturated rings. The van der Waals surface area contributed by atoms with Crippen LogP contribution in [0.3, 0.4) is 0 Å². The van der Waals surface area contributed by atoms with Crippen molar-refractivity contribution in [3.05, 3.63) is 71.3 Å². The Morgan fingerprint density at radius 1 is 1.00 bits per heavy atom. The summed E-state index contributed by atoms with van der Waals surface area (Å²) >= 11 is 0. The van der Waals surface area contributed by atoms with Gasteiger partial charge in [0.2, 0.25) is 0 Å². The molecule has 110 valence electrons. The largest absolute Gasteiger partial charge is 0.478 e. The van der Waals surface area contributed by atoms with Crippen LogP contribution >= 0.6 is 0 Å². The summed E-state index contributed by atoms with van der Waals surface area (Å²) in [6.07, 6.45) is 0. The third-order valence-electron chi connectivity index (χ3n) is 2.66. The van der Waals surface area contributed by atoms with Crippen molar-refractivity contribution < 1.29 is 19.4 Å². The molecule has 2 rings (SSSR count). The van der Waals surface area contributed by atoms with Crippen LogP contribution in [-0.4, -0.2) is 23.7 Å². The Bertz CT molecular complexity index is 591. The maximum atomic E-state index is 11.0. The average Bonchev–Trinajstić information content (AvgIpc) is 2.49. The molecule has 0 saturated carbocycles. The predicted molar refractivity (Wildman–Crippen MR) is 80.5 cm³/mol. The van der Waals surface area contributed by atoms with Gasteiger partial charge >= 0.3 is 11.9 Å². The first-order chi connectivity index (χ1) is 10.1. The fourth-order valence-corrected chi connectivity index (χ4v) is 1.60. The van der Waals surface area contributed by atoms with Gasteiger partial charge in [-0.1, -0.05) is 36.4 Å². The molecule has 0 aliphatic heterocycles. The van der Waals surface area contributed by atoms with Crippen molar-refractivity contribution >= 4 is 11.9 Å². The third-order valence-corrected chi connectivity index (χ3v) is 2.66. The van der Waals surface area contributed by atoms with E-state index < -0.39 is 5.97 Å². The highest BCUT2D eigenvalue weighted by molar-refractivity contribution is 5.89. The molecule has 0 heterocycles. The molecule has 0 unspecified atom stereocenters. The predicted octanol–water partition coefficient (Wildman–Crippen LogP) is 3.56. The number of rotatable bonds is 3. The van der Waals surface area contributed by atoms with Crippen LogP contribution in [0.4, 0.5) is 0 Å². The number of hydrogen-bond donors (Lipinski definition) is 1. The second kappa shape index (κ2) is 8.53. The van der Waals surface area contributed by atoms with Crippen molar-refractivity contribution in [2.75, 3.05) is 6.61 Å². The minimum atomic E-state index is -0.863. The number of carboxylic acid groups (broad SMARTS) is 1. The molecule has 0 bridgehead atoms. The molecule has 0 saturated heterocycles. The molecule has 0 aliphatic carbocycles. The highest BCUT2D eigenvalue weighted by Gasteiger charge is 2.03. The van der Waals surface area contributed by atoms with E-state index in [4.69, 9.17) is 9.84 Å². The molecule has 2 aromatic carbocycles. The van der Waals surface area contributed by atoms with Crippen LogP contribution in [0.1, 0.15) is 33.2 Å². The topological polar surface area (TPSA) is 63.6 Å². The van der Waals surface area contributed by atoms with Crippen LogP contribution in [0.25, 0.3) is 0 Å². The fraction of sp³-hybridized carbons (Fsp3) is 0.176. The zero-order valence-corrected chi connectivity index (χ0v) is 12.1. The van der Waals surface area contributed by atoms with Crippen molar-refractivity contribution in [3.8, 4) is 0 Å². The number of carbonyl (C=O) groups is 2. The van der Waals surface area contributed by atoms with Crippen molar-refractivity contribution in [3.63, 3.8) is 0 Å². The van der Waals surface area contributed by atoms with E-state index >= 15 is 0 Å². The molecular weight excluding hydrogens is 268 g/mol. The smallest absolute Gasteiger partial charge is 0.338 e. The highest BCUT2D eigenvalue weighted by atomic mass is 16.5. The van der Waals surface area contributed by atoms with Crippen LogP contribution in [0.2, 0.25) is 0 Å². The summed E-state index contributed by atoms with van der Waals surface area (Å²) in [5, 5.41) is 8.57. The standard InChI is InChI=1S/C9H10O2.C8H8O2/c1-2-11-9(10)8-6-4-3-5-7-8;1-6-4-2-3-5-7(6)8(9)10/h3-7H,2H2,1H3;2-5H,1H3,(H,9,10). The lowest BCUT2D eigenvalue weighted by molar-refractivity contribution is 0.0526. The summed E-state index contributed by atoms with van der Waals surface area (Å²) in [5.41, 5.74) is 1.78. The summed E-state index contributed by atoms with van der Waals surface area (Å²) in [7, 11) is 0. The van der Waals surface area contributed by atoms with Gasteiger partial charge in [-0.25, -0.2) is 9.59 Å². The molecule has 4 heteroatoms. The van der Waals surface area contributed by atoms with Gasteiger partial charge in [0, 0.05) is 0 Å². The maximum absolute atomic E-state index is 11.0. The average molecular weight is 286 g/mol. The zero-order chi connectivity index (χ0) is 15.7. The van der Waals surface area contributed by atoms with Gasteiger partial charge in [-0.2, -0.15) is 0 Å². The lowest BCUT2D eigenvalue weighted by atomic mass is 10.1. The van der Waals surface area contributed by atoms with Gasteiger partial charge in [-0.15, -0.1) is 0 Å². The molecule has 1 N–H and O–H groups in total. The Hall–Kier alpha value is -2.62. The number of esters is 1. The summed E-state index contributed by atoms with van der Waals surface area (Å²) < 4.78 is 4.79. The van der Waals surface area contributed by atoms with Crippen LogP contribution in [-0.2, 0) is 4.74 Å². The summed E-state index contributed by atoms with van der Waals surface area (Å²) in [5.74, 6) is -1.12. The van der Waals surface area contributed by atoms with E-state index in [9.17, 15) is 9.59 Å². The number of benzene rings is 2. The number of aromatic carboxylic acids is 1. The molecule has 0 spiro atoms. The van der Waals surface area contributed by atoms with Crippen LogP contribution in [0.15, 0.2) is 54.6 Å². The van der Waals surface area contributed by atoms with Gasteiger partial charge in [0.1, 0.15) is 0 Å². The number of carboxylic acids is 1. The van der Waals surface area contributed by atoms with Crippen LogP contribution in [0.5, 0.6) is 0 Å². The Morgan fingerprint density at radius 2 is 1.57 bits per heavy atom. The second-order valence-electron chi connectivity index (χ2n) is 4.21. The first kappa shape index (κ1) is 16.4. The summed E-state index contributed by atoms with van der Waals surface area (Å²) in [4.78, 5) is 21.4. The third kappa shape index (κ3) is 5.48. The molecule has 0 amide bonds. The first-order valence-electron chi connectivity index (χ1n) is 6.57. The van der Waals surface area contributed by atoms with E-state index in [1.165, 1.54) is 0 Å². The lowest BCUT2D eigenvalue weighted by Gasteiger charge is -1.99. The Labute approximate surface area is 124 Å². The molecule has 21 heavy (non-hydrogen) atoms. The van der Waals surface area contributed by atoms with E-state index in [0.717, 1.165) is 5.56 Å². The maximum Gasteiger partial charge on any atom is 0.338 e. The quantitative estimate of drug-likeness (QED) is 0.876. The molecule has 0 aromatic heterocycles. The molecule has 0 radical (unpaired) electrons. The fourth-order valence-electron chi connectivity index (χ4n) is 1.60. The molecule has 0 aliphatic rings.